The first-order valence-electron chi connectivity index (χ1n) is 9.29. The van der Waals surface area contributed by atoms with Crippen molar-refractivity contribution in [2.75, 3.05) is 0 Å². The van der Waals surface area contributed by atoms with Crippen LogP contribution in [0.4, 0.5) is 0 Å². The molecule has 0 fully saturated rings. The van der Waals surface area contributed by atoms with Crippen molar-refractivity contribution in [1.82, 2.24) is 4.98 Å². The lowest BCUT2D eigenvalue weighted by Crippen LogP contribution is -2.27. The molecule has 126 valence electrons. The van der Waals surface area contributed by atoms with Gasteiger partial charge in [0.25, 0.3) is 0 Å². The molecule has 0 saturated carbocycles. The van der Waals surface area contributed by atoms with Crippen molar-refractivity contribution in [3.8, 4) is 0 Å². The molecule has 1 aromatic carbocycles. The molecular weight excluding hydrogens is 290 g/mol. The van der Waals surface area contributed by atoms with Gasteiger partial charge in [0.1, 0.15) is 0 Å². The minimum atomic E-state index is 0.0724. The second-order valence-corrected chi connectivity index (χ2v) is 7.34. The van der Waals surface area contributed by atoms with E-state index >= 15 is 0 Å². The molecule has 1 nitrogen and oxygen atoms in total. The summed E-state index contributed by atoms with van der Waals surface area (Å²) in [5.41, 5.74) is 5.81. The normalized spacial score (nSPS) is 17.7. The van der Waals surface area contributed by atoms with Crippen LogP contribution in [0.15, 0.2) is 48.2 Å². The summed E-state index contributed by atoms with van der Waals surface area (Å²) in [7, 11) is 0. The van der Waals surface area contributed by atoms with E-state index in [1.165, 1.54) is 27.6 Å². The molecule has 1 unspecified atom stereocenters. The first-order chi connectivity index (χ1) is 11.6. The van der Waals surface area contributed by atoms with E-state index in [0.29, 0.717) is 5.92 Å². The SMILES string of the molecule is CC=CCC(CC)C1=C(CC)C(C)(C)c2cccc3ccnc1c23. The standard InChI is InChI=1S/C23H29N/c1-6-9-11-16(7-2)20-18(8-3)23(4,5)19-13-10-12-17-14-15-24-22(20)21(17)19/h6,9-10,12-16H,7-8,11H2,1-5H3. The summed E-state index contributed by atoms with van der Waals surface area (Å²) in [4.78, 5) is 4.88. The van der Waals surface area contributed by atoms with E-state index in [0.717, 1.165) is 19.3 Å². The van der Waals surface area contributed by atoms with Crippen LogP contribution >= 0.6 is 0 Å². The first kappa shape index (κ1) is 17.0. The minimum absolute atomic E-state index is 0.0724. The van der Waals surface area contributed by atoms with Crippen LogP contribution in [-0.4, -0.2) is 4.98 Å². The van der Waals surface area contributed by atoms with E-state index in [1.807, 2.05) is 6.20 Å². The molecular formula is C23H29N. The van der Waals surface area contributed by atoms with Crippen molar-refractivity contribution >= 4 is 16.3 Å². The predicted octanol–water partition coefficient (Wildman–Crippen LogP) is 6.68. The van der Waals surface area contributed by atoms with E-state index in [-0.39, 0.29) is 5.41 Å². The van der Waals surface area contributed by atoms with Gasteiger partial charge < -0.3 is 0 Å². The molecule has 1 aliphatic carbocycles. The second-order valence-electron chi connectivity index (χ2n) is 7.34. The molecule has 3 rings (SSSR count). The Kier molecular flexibility index (Phi) is 4.62. The second kappa shape index (κ2) is 6.55. The Morgan fingerprint density at radius 3 is 2.62 bits per heavy atom. The third kappa shape index (κ3) is 2.51. The highest BCUT2D eigenvalue weighted by Gasteiger charge is 2.36. The molecule has 0 bridgehead atoms. The number of nitrogens with zero attached hydrogens (tertiary/aromatic N) is 1. The third-order valence-corrected chi connectivity index (χ3v) is 5.71. The average Bonchev–Trinajstić information content (AvgIpc) is 2.59. The molecule has 1 atom stereocenters. The molecule has 1 heteroatoms. The van der Waals surface area contributed by atoms with Crippen molar-refractivity contribution in [3.05, 3.63) is 59.4 Å². The van der Waals surface area contributed by atoms with Gasteiger partial charge in [-0.15, -0.1) is 0 Å². The van der Waals surface area contributed by atoms with Gasteiger partial charge in [0.15, 0.2) is 0 Å². The van der Waals surface area contributed by atoms with Crippen LogP contribution in [0.3, 0.4) is 0 Å². The topological polar surface area (TPSA) is 12.9 Å². The molecule has 24 heavy (non-hydrogen) atoms. The number of hydrogen-bond acceptors (Lipinski definition) is 1. The van der Waals surface area contributed by atoms with Crippen molar-refractivity contribution < 1.29 is 0 Å². The van der Waals surface area contributed by atoms with Crippen molar-refractivity contribution in [1.29, 1.82) is 0 Å². The summed E-state index contributed by atoms with van der Waals surface area (Å²) in [6.45, 7) is 11.5. The van der Waals surface area contributed by atoms with Gasteiger partial charge in [-0.05, 0) is 54.7 Å². The summed E-state index contributed by atoms with van der Waals surface area (Å²) in [6.07, 6.45) is 9.80. The van der Waals surface area contributed by atoms with Gasteiger partial charge in [-0.3, -0.25) is 4.98 Å². The van der Waals surface area contributed by atoms with Gasteiger partial charge >= 0.3 is 0 Å². The quantitative estimate of drug-likeness (QED) is 0.560. The maximum absolute atomic E-state index is 4.88. The molecule has 0 radical (unpaired) electrons. The Morgan fingerprint density at radius 1 is 1.17 bits per heavy atom. The van der Waals surface area contributed by atoms with E-state index in [1.54, 1.807) is 5.57 Å². The molecule has 1 aromatic heterocycles. The summed E-state index contributed by atoms with van der Waals surface area (Å²) >= 11 is 0. The highest BCUT2D eigenvalue weighted by molar-refractivity contribution is 5.99. The Labute approximate surface area is 146 Å². The monoisotopic (exact) mass is 319 g/mol. The molecule has 0 saturated heterocycles. The lowest BCUT2D eigenvalue weighted by molar-refractivity contribution is 0.575. The van der Waals surface area contributed by atoms with Gasteiger partial charge in [-0.1, -0.05) is 63.6 Å². The number of allylic oxidation sites excluding steroid dienone is 4. The number of hydrogen-bond donors (Lipinski definition) is 0. The molecule has 0 N–H and O–H groups in total. The van der Waals surface area contributed by atoms with Gasteiger partial charge in [0.2, 0.25) is 0 Å². The maximum Gasteiger partial charge on any atom is 0.0745 e. The Balaban J connectivity index is 2.35. The smallest absolute Gasteiger partial charge is 0.0745 e. The van der Waals surface area contributed by atoms with Crippen LogP contribution in [0.25, 0.3) is 16.3 Å². The molecule has 1 heterocycles. The van der Waals surface area contributed by atoms with Crippen LogP contribution in [0.5, 0.6) is 0 Å². The van der Waals surface area contributed by atoms with Crippen LogP contribution < -0.4 is 0 Å². The van der Waals surface area contributed by atoms with E-state index < -0.39 is 0 Å². The molecule has 0 amide bonds. The summed E-state index contributed by atoms with van der Waals surface area (Å²) in [5, 5.41) is 2.69. The van der Waals surface area contributed by atoms with E-state index in [4.69, 9.17) is 4.98 Å². The number of rotatable bonds is 5. The fourth-order valence-electron chi connectivity index (χ4n) is 4.46. The van der Waals surface area contributed by atoms with Crippen LogP contribution in [0.2, 0.25) is 0 Å². The summed E-state index contributed by atoms with van der Waals surface area (Å²) < 4.78 is 0. The van der Waals surface area contributed by atoms with Crippen LogP contribution in [0.1, 0.15) is 65.1 Å². The average molecular weight is 319 g/mol. The fraction of sp³-hybridized carbons (Fsp3) is 0.435. The predicted molar refractivity (Wildman–Crippen MR) is 105 cm³/mol. The lowest BCUT2D eigenvalue weighted by atomic mass is 9.66. The van der Waals surface area contributed by atoms with Crippen molar-refractivity contribution in [3.63, 3.8) is 0 Å². The third-order valence-electron chi connectivity index (χ3n) is 5.71. The van der Waals surface area contributed by atoms with Crippen molar-refractivity contribution in [2.45, 2.75) is 59.3 Å². The van der Waals surface area contributed by atoms with Gasteiger partial charge in [0.05, 0.1) is 5.69 Å². The summed E-state index contributed by atoms with van der Waals surface area (Å²) in [6, 6.07) is 8.87. The van der Waals surface area contributed by atoms with Crippen molar-refractivity contribution in [2.24, 2.45) is 5.92 Å². The van der Waals surface area contributed by atoms with Gasteiger partial charge in [-0.2, -0.15) is 0 Å². The highest BCUT2D eigenvalue weighted by atomic mass is 14.7. The zero-order chi connectivity index (χ0) is 17.3. The van der Waals surface area contributed by atoms with Crippen LogP contribution in [-0.2, 0) is 5.41 Å². The number of aromatic nitrogens is 1. The fourth-order valence-corrected chi connectivity index (χ4v) is 4.46. The van der Waals surface area contributed by atoms with E-state index in [2.05, 4.69) is 71.0 Å². The Bertz CT molecular complexity index is 803. The number of benzene rings is 1. The Morgan fingerprint density at radius 2 is 1.96 bits per heavy atom. The molecule has 0 spiro atoms. The van der Waals surface area contributed by atoms with E-state index in [9.17, 15) is 0 Å². The molecule has 1 aliphatic rings. The largest absolute Gasteiger partial charge is 0.256 e. The lowest BCUT2D eigenvalue weighted by Gasteiger charge is -2.38. The maximum atomic E-state index is 4.88. The Hall–Kier alpha value is -1.89. The molecule has 0 aliphatic heterocycles. The zero-order valence-electron chi connectivity index (χ0n) is 15.7. The minimum Gasteiger partial charge on any atom is -0.256 e. The van der Waals surface area contributed by atoms with Crippen LogP contribution in [0, 0.1) is 5.92 Å². The first-order valence-corrected chi connectivity index (χ1v) is 9.29. The zero-order valence-corrected chi connectivity index (χ0v) is 15.7. The van der Waals surface area contributed by atoms with Gasteiger partial charge in [0, 0.05) is 17.0 Å². The number of pyridine rings is 1. The van der Waals surface area contributed by atoms with Gasteiger partial charge in [-0.25, -0.2) is 0 Å². The molecule has 2 aromatic rings. The highest BCUT2D eigenvalue weighted by Crippen LogP contribution is 2.50. The summed E-state index contributed by atoms with van der Waals surface area (Å²) in [5.74, 6) is 0.543.